The number of aryl methyl sites for hydroxylation is 1. The fourth-order valence-corrected chi connectivity index (χ4v) is 4.00. The lowest BCUT2D eigenvalue weighted by Gasteiger charge is -2.10. The molecule has 0 bridgehead atoms. The lowest BCUT2D eigenvalue weighted by molar-refractivity contribution is -0.120. The molecule has 0 aliphatic heterocycles. The van der Waals surface area contributed by atoms with Crippen molar-refractivity contribution in [3.05, 3.63) is 101 Å². The molecule has 10 heteroatoms. The van der Waals surface area contributed by atoms with Gasteiger partial charge >= 0.3 is 0 Å². The minimum atomic E-state index is -0.362. The SMILES string of the molecule is Cc1ccccc1C(=O)Nc1nnc(CC(=O)N/N=C/c2ccccc2OCCOc2ccccc2)s1. The van der Waals surface area contributed by atoms with Gasteiger partial charge < -0.3 is 9.47 Å². The Labute approximate surface area is 218 Å². The van der Waals surface area contributed by atoms with Crippen molar-refractivity contribution in [1.29, 1.82) is 0 Å². The van der Waals surface area contributed by atoms with Crippen molar-refractivity contribution in [3.8, 4) is 11.5 Å². The predicted octanol–water partition coefficient (Wildman–Crippen LogP) is 4.25. The Hall–Kier alpha value is -4.57. The minimum Gasteiger partial charge on any atom is -0.490 e. The second-order valence-electron chi connectivity index (χ2n) is 7.79. The van der Waals surface area contributed by atoms with E-state index in [1.165, 1.54) is 6.21 Å². The summed E-state index contributed by atoms with van der Waals surface area (Å²) in [6.07, 6.45) is 1.49. The molecule has 0 radical (unpaired) electrons. The molecular formula is C27H25N5O4S. The maximum Gasteiger partial charge on any atom is 0.257 e. The minimum absolute atomic E-state index is 0.0236. The van der Waals surface area contributed by atoms with Crippen molar-refractivity contribution in [2.24, 2.45) is 5.10 Å². The number of nitrogens with zero attached hydrogens (tertiary/aromatic N) is 3. The maximum absolute atomic E-state index is 12.4. The van der Waals surface area contributed by atoms with Crippen LogP contribution in [-0.4, -0.2) is 41.4 Å². The standard InChI is InChI=1S/C27H25N5O4S/c1-19-9-5-7-13-22(19)26(34)29-27-32-31-25(37-27)17-24(33)30-28-18-20-10-6-8-14-23(20)36-16-15-35-21-11-3-2-4-12-21/h2-14,18H,15-17H2,1H3,(H,30,33)(H,29,32,34)/b28-18+. The van der Waals surface area contributed by atoms with Crippen LogP contribution in [0.2, 0.25) is 0 Å². The predicted molar refractivity (Wildman–Crippen MR) is 142 cm³/mol. The van der Waals surface area contributed by atoms with E-state index in [0.717, 1.165) is 22.6 Å². The van der Waals surface area contributed by atoms with Crippen molar-refractivity contribution in [1.82, 2.24) is 15.6 Å². The van der Waals surface area contributed by atoms with Crippen molar-refractivity contribution < 1.29 is 19.1 Å². The number of benzene rings is 3. The Bertz CT molecular complexity index is 1370. The highest BCUT2D eigenvalue weighted by atomic mass is 32.1. The molecule has 1 heterocycles. The summed E-state index contributed by atoms with van der Waals surface area (Å²) in [4.78, 5) is 24.7. The van der Waals surface area contributed by atoms with Crippen molar-refractivity contribution in [2.75, 3.05) is 18.5 Å². The van der Waals surface area contributed by atoms with E-state index in [2.05, 4.69) is 26.0 Å². The van der Waals surface area contributed by atoms with E-state index in [1.807, 2.05) is 73.7 Å². The highest BCUT2D eigenvalue weighted by molar-refractivity contribution is 7.15. The normalized spacial score (nSPS) is 10.7. The van der Waals surface area contributed by atoms with E-state index in [1.54, 1.807) is 12.1 Å². The van der Waals surface area contributed by atoms with Crippen LogP contribution in [0.25, 0.3) is 0 Å². The maximum atomic E-state index is 12.4. The van der Waals surface area contributed by atoms with Gasteiger partial charge in [0, 0.05) is 11.1 Å². The number of hydrazone groups is 1. The van der Waals surface area contributed by atoms with Crippen molar-refractivity contribution in [3.63, 3.8) is 0 Å². The largest absolute Gasteiger partial charge is 0.490 e. The summed E-state index contributed by atoms with van der Waals surface area (Å²) >= 11 is 1.13. The van der Waals surface area contributed by atoms with Gasteiger partial charge in [-0.3, -0.25) is 14.9 Å². The summed E-state index contributed by atoms with van der Waals surface area (Å²) < 4.78 is 11.4. The molecule has 9 nitrogen and oxygen atoms in total. The summed E-state index contributed by atoms with van der Waals surface area (Å²) in [6.45, 7) is 2.60. The molecule has 0 atom stereocenters. The highest BCUT2D eigenvalue weighted by Gasteiger charge is 2.13. The van der Waals surface area contributed by atoms with Crippen LogP contribution in [0.1, 0.15) is 26.5 Å². The van der Waals surface area contributed by atoms with Gasteiger partial charge in [-0.25, -0.2) is 5.43 Å². The van der Waals surface area contributed by atoms with Gasteiger partial charge in [0.15, 0.2) is 0 Å². The Kier molecular flexibility index (Phi) is 8.92. The fourth-order valence-electron chi connectivity index (χ4n) is 3.26. The third-order valence-electron chi connectivity index (χ3n) is 5.05. The lowest BCUT2D eigenvalue weighted by atomic mass is 10.1. The van der Waals surface area contributed by atoms with Crippen LogP contribution >= 0.6 is 11.3 Å². The van der Waals surface area contributed by atoms with Crippen LogP contribution in [0, 0.1) is 6.92 Å². The molecular weight excluding hydrogens is 490 g/mol. The van der Waals surface area contributed by atoms with Crippen molar-refractivity contribution in [2.45, 2.75) is 13.3 Å². The number of aromatic nitrogens is 2. The molecule has 1 aromatic heterocycles. The monoisotopic (exact) mass is 515 g/mol. The van der Waals surface area contributed by atoms with Gasteiger partial charge in [0.1, 0.15) is 29.7 Å². The average Bonchev–Trinajstić information content (AvgIpc) is 3.34. The molecule has 0 saturated heterocycles. The zero-order valence-corrected chi connectivity index (χ0v) is 20.9. The first-order chi connectivity index (χ1) is 18.1. The van der Waals surface area contributed by atoms with E-state index in [0.29, 0.717) is 40.2 Å². The Morgan fingerprint density at radius 1 is 0.919 bits per heavy atom. The second-order valence-corrected chi connectivity index (χ2v) is 8.85. The molecule has 0 saturated carbocycles. The quantitative estimate of drug-likeness (QED) is 0.175. The van der Waals surface area contributed by atoms with E-state index in [-0.39, 0.29) is 18.2 Å². The van der Waals surface area contributed by atoms with Gasteiger partial charge in [0.25, 0.3) is 5.91 Å². The zero-order valence-electron chi connectivity index (χ0n) is 20.1. The van der Waals surface area contributed by atoms with Gasteiger partial charge in [-0.1, -0.05) is 59.9 Å². The van der Waals surface area contributed by atoms with E-state index in [4.69, 9.17) is 9.47 Å². The number of rotatable bonds is 11. The van der Waals surface area contributed by atoms with Gasteiger partial charge in [-0.2, -0.15) is 5.10 Å². The van der Waals surface area contributed by atoms with E-state index in [9.17, 15) is 9.59 Å². The van der Waals surface area contributed by atoms with E-state index < -0.39 is 0 Å². The summed E-state index contributed by atoms with van der Waals surface area (Å²) in [5.41, 5.74) is 4.60. The Morgan fingerprint density at radius 2 is 1.65 bits per heavy atom. The number of hydrogen-bond donors (Lipinski definition) is 2. The second kappa shape index (κ2) is 12.9. The van der Waals surface area contributed by atoms with Crippen LogP contribution in [0.3, 0.4) is 0 Å². The molecule has 3 aromatic carbocycles. The highest BCUT2D eigenvalue weighted by Crippen LogP contribution is 2.18. The molecule has 0 unspecified atom stereocenters. The van der Waals surface area contributed by atoms with Gasteiger partial charge in [0.2, 0.25) is 11.0 Å². The summed E-state index contributed by atoms with van der Waals surface area (Å²) in [6, 6.07) is 24.1. The van der Waals surface area contributed by atoms with Crippen LogP contribution < -0.4 is 20.2 Å². The van der Waals surface area contributed by atoms with Crippen molar-refractivity contribution >= 4 is 34.5 Å². The molecule has 4 aromatic rings. The number of hydrogen-bond acceptors (Lipinski definition) is 8. The molecule has 37 heavy (non-hydrogen) atoms. The summed E-state index contributed by atoms with van der Waals surface area (Å²) in [5.74, 6) is 0.761. The summed E-state index contributed by atoms with van der Waals surface area (Å²) in [5, 5.41) is 15.4. The van der Waals surface area contributed by atoms with Crippen LogP contribution in [0.15, 0.2) is 84.0 Å². The fraction of sp³-hybridized carbons (Fsp3) is 0.148. The van der Waals surface area contributed by atoms with Gasteiger partial charge in [0.05, 0.1) is 12.6 Å². The number of ether oxygens (including phenoxy) is 2. The first-order valence-corrected chi connectivity index (χ1v) is 12.3. The topological polar surface area (TPSA) is 115 Å². The number of anilines is 1. The van der Waals surface area contributed by atoms with Crippen LogP contribution in [0.5, 0.6) is 11.5 Å². The van der Waals surface area contributed by atoms with Crippen LogP contribution in [0.4, 0.5) is 5.13 Å². The number of nitrogens with one attached hydrogen (secondary N) is 2. The van der Waals surface area contributed by atoms with Gasteiger partial charge in [-0.15, -0.1) is 10.2 Å². The number of carbonyl (C=O) groups is 2. The third kappa shape index (κ3) is 7.71. The number of para-hydroxylation sites is 2. The molecule has 2 amide bonds. The molecule has 4 rings (SSSR count). The first-order valence-electron chi connectivity index (χ1n) is 11.5. The summed E-state index contributed by atoms with van der Waals surface area (Å²) in [7, 11) is 0. The lowest BCUT2D eigenvalue weighted by Crippen LogP contribution is -2.19. The number of amides is 2. The smallest absolute Gasteiger partial charge is 0.257 e. The average molecular weight is 516 g/mol. The molecule has 188 valence electrons. The molecule has 0 aliphatic carbocycles. The van der Waals surface area contributed by atoms with Gasteiger partial charge in [-0.05, 0) is 42.8 Å². The Balaban J connectivity index is 1.24. The zero-order chi connectivity index (χ0) is 25.9. The number of carbonyl (C=O) groups excluding carboxylic acids is 2. The molecule has 0 fully saturated rings. The third-order valence-corrected chi connectivity index (χ3v) is 5.89. The van der Waals surface area contributed by atoms with Crippen LogP contribution in [-0.2, 0) is 11.2 Å². The molecule has 2 N–H and O–H groups in total. The molecule has 0 aliphatic rings. The Morgan fingerprint density at radius 3 is 2.49 bits per heavy atom. The molecule has 0 spiro atoms. The van der Waals surface area contributed by atoms with E-state index >= 15 is 0 Å². The first kappa shape index (κ1) is 25.5.